The molecule has 2 fully saturated rings. The molecular formula is C10H8FeN6. The van der Waals surface area contributed by atoms with Crippen molar-refractivity contribution in [3.63, 3.8) is 0 Å². The Morgan fingerprint density at radius 3 is 1.24 bits per heavy atom. The van der Waals surface area contributed by atoms with Crippen molar-refractivity contribution >= 4 is 0 Å². The second-order valence-corrected chi connectivity index (χ2v) is 2.67. The molecule has 6 nitrogen and oxygen atoms in total. The third kappa shape index (κ3) is 7.14. The van der Waals surface area contributed by atoms with E-state index in [-0.39, 0.29) is 17.1 Å². The van der Waals surface area contributed by atoms with Crippen molar-refractivity contribution < 1.29 is 17.1 Å². The second kappa shape index (κ2) is 10.3. The first-order valence-electron chi connectivity index (χ1n) is 4.40. The summed E-state index contributed by atoms with van der Waals surface area (Å²) in [5, 5.41) is 6.69. The van der Waals surface area contributed by atoms with Gasteiger partial charge in [0.2, 0.25) is 0 Å². The van der Waals surface area contributed by atoms with Crippen molar-refractivity contribution in [1.82, 2.24) is 0 Å². The number of hydrogen-bond donors (Lipinski definition) is 0. The standard InChI is InChI=1S/2C5H4N3.Fe/c2*6-8-7-5-3-1-2-4-5;/h2*1-4H;. The van der Waals surface area contributed by atoms with Crippen molar-refractivity contribution in [3.05, 3.63) is 84.3 Å². The maximum atomic E-state index is 7.90. The number of hydrogen-bond acceptors (Lipinski definition) is 2. The third-order valence-corrected chi connectivity index (χ3v) is 1.61. The van der Waals surface area contributed by atoms with Gasteiger partial charge in [0.1, 0.15) is 0 Å². The largest absolute Gasteiger partial charge is 0.0859 e. The van der Waals surface area contributed by atoms with Crippen molar-refractivity contribution in [2.45, 2.75) is 0 Å². The van der Waals surface area contributed by atoms with Crippen LogP contribution in [-0.2, 0) is 17.1 Å². The molecule has 0 aromatic carbocycles. The molecule has 0 atom stereocenters. The molecule has 86 valence electrons. The molecule has 0 unspecified atom stereocenters. The van der Waals surface area contributed by atoms with E-state index in [9.17, 15) is 0 Å². The Hall–Kier alpha value is -0.861. The van der Waals surface area contributed by atoms with Crippen LogP contribution in [0.3, 0.4) is 0 Å². The van der Waals surface area contributed by atoms with E-state index in [1.165, 1.54) is 0 Å². The van der Waals surface area contributed by atoms with Crippen LogP contribution >= 0.6 is 0 Å². The average molecular weight is 268 g/mol. The fourth-order valence-electron chi connectivity index (χ4n) is 0.964. The predicted octanol–water partition coefficient (Wildman–Crippen LogP) is 3.32. The minimum atomic E-state index is 0. The summed E-state index contributed by atoms with van der Waals surface area (Å²) in [5.41, 5.74) is 15.8. The Morgan fingerprint density at radius 1 is 0.706 bits per heavy atom. The minimum absolute atomic E-state index is 0. The van der Waals surface area contributed by atoms with Crippen LogP contribution in [0.1, 0.15) is 0 Å². The van der Waals surface area contributed by atoms with Gasteiger partial charge in [-0.25, -0.2) is 0 Å². The maximum Gasteiger partial charge on any atom is 0.0674 e. The van der Waals surface area contributed by atoms with Gasteiger partial charge in [0.05, 0.1) is 12.1 Å². The van der Waals surface area contributed by atoms with E-state index >= 15 is 0 Å². The van der Waals surface area contributed by atoms with Gasteiger partial charge in [-0.1, -0.05) is 10.2 Å². The Labute approximate surface area is 112 Å². The van der Waals surface area contributed by atoms with Crippen molar-refractivity contribution in [1.29, 1.82) is 0 Å². The summed E-state index contributed by atoms with van der Waals surface area (Å²) in [5.74, 6) is 0. The molecule has 2 rings (SSSR count). The summed E-state index contributed by atoms with van der Waals surface area (Å²) < 4.78 is 0. The number of azide groups is 2. The van der Waals surface area contributed by atoms with Gasteiger partial charge >= 0.3 is 0 Å². The van der Waals surface area contributed by atoms with Crippen LogP contribution in [0.5, 0.6) is 0 Å². The van der Waals surface area contributed by atoms with Crippen LogP contribution in [0, 0.1) is 63.5 Å². The Balaban J connectivity index is 0.000000284. The Bertz CT molecular complexity index is 253. The SMILES string of the molecule is [Fe].[N-]=[N+]=N[C]1[CH][CH][CH][CH]1.[N-]=[N+]=N[C]1[CH][CH][CH][CH]1. The van der Waals surface area contributed by atoms with Crippen LogP contribution in [0.25, 0.3) is 20.9 Å². The summed E-state index contributed by atoms with van der Waals surface area (Å²) in [7, 11) is 0. The Kier molecular flexibility index (Phi) is 9.78. The van der Waals surface area contributed by atoms with Gasteiger partial charge in [0.15, 0.2) is 0 Å². The molecule has 0 aliphatic heterocycles. The first kappa shape index (κ1) is 16.1. The number of nitrogens with zero attached hydrogens (tertiary/aromatic N) is 6. The zero-order valence-corrected chi connectivity index (χ0v) is 9.76. The normalized spacial score (nSPS) is 19.3. The van der Waals surface area contributed by atoms with Crippen LogP contribution < -0.4 is 0 Å². The van der Waals surface area contributed by atoms with E-state index in [1.54, 1.807) is 25.7 Å². The zero-order valence-electron chi connectivity index (χ0n) is 8.66. The van der Waals surface area contributed by atoms with E-state index in [0.29, 0.717) is 12.1 Å². The summed E-state index contributed by atoms with van der Waals surface area (Å²) in [6.07, 6.45) is 14.3. The van der Waals surface area contributed by atoms with Gasteiger partial charge in [-0.05, 0) is 62.4 Å². The molecule has 2 aliphatic carbocycles. The summed E-state index contributed by atoms with van der Waals surface area (Å²) in [6.45, 7) is 0. The molecule has 0 saturated heterocycles. The molecule has 0 N–H and O–H groups in total. The zero-order chi connectivity index (χ0) is 11.6. The monoisotopic (exact) mass is 268 g/mol. The molecule has 0 aromatic heterocycles. The number of rotatable bonds is 2. The fraction of sp³-hybridized carbons (Fsp3) is 0. The van der Waals surface area contributed by atoms with Crippen molar-refractivity contribution in [2.24, 2.45) is 10.2 Å². The van der Waals surface area contributed by atoms with Crippen LogP contribution in [0.15, 0.2) is 10.2 Å². The van der Waals surface area contributed by atoms with E-state index in [4.69, 9.17) is 11.1 Å². The van der Waals surface area contributed by atoms with Gasteiger partial charge in [-0.3, -0.25) is 0 Å². The van der Waals surface area contributed by atoms with E-state index in [0.717, 1.165) is 0 Å². The molecule has 0 heterocycles. The molecular weight excluding hydrogens is 260 g/mol. The van der Waals surface area contributed by atoms with E-state index in [1.807, 2.05) is 25.7 Å². The molecule has 0 spiro atoms. The molecule has 7 heteroatoms. The molecule has 2 aliphatic rings. The van der Waals surface area contributed by atoms with Crippen LogP contribution in [-0.4, -0.2) is 0 Å². The van der Waals surface area contributed by atoms with E-state index < -0.39 is 0 Å². The third-order valence-electron chi connectivity index (χ3n) is 1.61. The molecule has 2 saturated carbocycles. The van der Waals surface area contributed by atoms with Gasteiger partial charge in [0.25, 0.3) is 0 Å². The minimum Gasteiger partial charge on any atom is -0.0859 e. The summed E-state index contributed by atoms with van der Waals surface area (Å²) in [6, 6.07) is 1.35. The summed E-state index contributed by atoms with van der Waals surface area (Å²) in [4.78, 5) is 5.21. The van der Waals surface area contributed by atoms with Gasteiger partial charge < -0.3 is 0 Å². The molecule has 17 heavy (non-hydrogen) atoms. The van der Waals surface area contributed by atoms with Gasteiger partial charge in [-0.15, -0.1) is 0 Å². The second-order valence-electron chi connectivity index (χ2n) is 2.67. The smallest absolute Gasteiger partial charge is 0.0674 e. The van der Waals surface area contributed by atoms with Crippen molar-refractivity contribution in [2.75, 3.05) is 0 Å². The quantitative estimate of drug-likeness (QED) is 0.317. The predicted molar refractivity (Wildman–Crippen MR) is 59.2 cm³/mol. The van der Waals surface area contributed by atoms with Gasteiger partial charge in [0, 0.05) is 26.9 Å². The topological polar surface area (TPSA) is 97.5 Å². The summed E-state index contributed by atoms with van der Waals surface area (Å²) >= 11 is 0. The van der Waals surface area contributed by atoms with Gasteiger partial charge in [-0.2, -0.15) is 0 Å². The molecule has 0 amide bonds. The first-order chi connectivity index (χ1) is 7.86. The van der Waals surface area contributed by atoms with Crippen LogP contribution in [0.2, 0.25) is 0 Å². The van der Waals surface area contributed by atoms with Crippen molar-refractivity contribution in [3.8, 4) is 0 Å². The van der Waals surface area contributed by atoms with E-state index in [2.05, 4.69) is 20.1 Å². The first-order valence-corrected chi connectivity index (χ1v) is 4.40. The molecule has 0 bridgehead atoms. The van der Waals surface area contributed by atoms with Crippen LogP contribution in [0.4, 0.5) is 0 Å². The fourth-order valence-corrected chi connectivity index (χ4v) is 0.964. The average Bonchev–Trinajstić information content (AvgIpc) is 2.92. The Morgan fingerprint density at radius 2 is 1.00 bits per heavy atom. The maximum absolute atomic E-state index is 7.90. The molecule has 0 aromatic rings. The molecule has 10 radical (unpaired) electrons.